The Balaban J connectivity index is 1.80. The molecule has 0 amide bonds. The molecular weight excluding hydrogens is 303 g/mol. The minimum absolute atomic E-state index is 0.172. The van der Waals surface area contributed by atoms with Gasteiger partial charge in [0, 0.05) is 19.5 Å². The lowest BCUT2D eigenvalue weighted by Gasteiger charge is -2.25. The van der Waals surface area contributed by atoms with Crippen LogP contribution < -0.4 is 0 Å². The summed E-state index contributed by atoms with van der Waals surface area (Å²) >= 11 is 0. The largest absolute Gasteiger partial charge is 0.497 e. The van der Waals surface area contributed by atoms with Crippen molar-refractivity contribution in [3.8, 4) is 0 Å². The molecule has 23 heavy (non-hydrogen) atoms. The van der Waals surface area contributed by atoms with Crippen molar-refractivity contribution in [1.29, 1.82) is 0 Å². The molecule has 5 heteroatoms. The molecule has 0 aliphatic heterocycles. The first-order valence-electron chi connectivity index (χ1n) is 8.15. The van der Waals surface area contributed by atoms with Crippen molar-refractivity contribution in [2.24, 2.45) is 5.92 Å². The Bertz CT molecular complexity index is 499. The highest BCUT2D eigenvalue weighted by Gasteiger charge is 2.39. The summed E-state index contributed by atoms with van der Waals surface area (Å²) < 4.78 is 43.9. The molecule has 1 aliphatic rings. The van der Waals surface area contributed by atoms with E-state index in [0.29, 0.717) is 31.8 Å². The predicted molar refractivity (Wildman–Crippen MR) is 84.8 cm³/mol. The molecule has 1 aromatic rings. The molecule has 0 aromatic heterocycles. The summed E-state index contributed by atoms with van der Waals surface area (Å²) in [6.45, 7) is 4.91. The highest BCUT2D eigenvalue weighted by Crippen LogP contribution is 2.36. The van der Waals surface area contributed by atoms with Gasteiger partial charge >= 0.3 is 6.18 Å². The average molecular weight is 327 g/mol. The number of rotatable bonds is 7. The maximum absolute atomic E-state index is 12.8. The average Bonchev–Trinajstić information content (AvgIpc) is 2.54. The van der Waals surface area contributed by atoms with Crippen LogP contribution in [0.3, 0.4) is 0 Å². The van der Waals surface area contributed by atoms with Gasteiger partial charge in [0.1, 0.15) is 6.61 Å². The van der Waals surface area contributed by atoms with E-state index in [0.717, 1.165) is 13.1 Å². The molecule has 0 saturated carbocycles. The number of halogens is 3. The molecular formula is C18H24F3NO. The number of benzene rings is 1. The summed E-state index contributed by atoms with van der Waals surface area (Å²) in [4.78, 5) is 2.22. The molecule has 1 aromatic carbocycles. The minimum atomic E-state index is -4.15. The molecule has 0 bridgehead atoms. The lowest BCUT2D eigenvalue weighted by atomic mass is 9.94. The van der Waals surface area contributed by atoms with Crippen molar-refractivity contribution >= 4 is 0 Å². The number of alkyl halides is 3. The SMILES string of the molecule is CCN(CCOC1=CC(C(F)(F)F)CCC1)Cc1ccccc1. The molecule has 0 saturated heterocycles. The van der Waals surface area contributed by atoms with Crippen molar-refractivity contribution in [2.45, 2.75) is 38.9 Å². The van der Waals surface area contributed by atoms with Crippen LogP contribution in [-0.2, 0) is 11.3 Å². The van der Waals surface area contributed by atoms with Crippen LogP contribution in [0.5, 0.6) is 0 Å². The Morgan fingerprint density at radius 3 is 2.61 bits per heavy atom. The molecule has 0 fully saturated rings. The summed E-state index contributed by atoms with van der Waals surface area (Å²) in [7, 11) is 0. The van der Waals surface area contributed by atoms with Crippen LogP contribution in [0.2, 0.25) is 0 Å². The Morgan fingerprint density at radius 1 is 1.22 bits per heavy atom. The van der Waals surface area contributed by atoms with Gasteiger partial charge in [-0.25, -0.2) is 0 Å². The smallest absolute Gasteiger partial charge is 0.395 e. The summed E-state index contributed by atoms with van der Waals surface area (Å²) in [6.07, 6.45) is -1.57. The van der Waals surface area contributed by atoms with Gasteiger partial charge in [-0.1, -0.05) is 37.3 Å². The molecule has 128 valence electrons. The highest BCUT2D eigenvalue weighted by molar-refractivity contribution is 5.14. The van der Waals surface area contributed by atoms with Crippen LogP contribution >= 0.6 is 0 Å². The Labute approximate surface area is 135 Å². The van der Waals surface area contributed by atoms with Gasteiger partial charge < -0.3 is 4.74 Å². The second-order valence-electron chi connectivity index (χ2n) is 5.88. The standard InChI is InChI=1S/C18H24F3NO/c1-2-22(14-15-7-4-3-5-8-15)11-12-23-17-10-6-9-16(13-17)18(19,20)21/h3-5,7-8,13,16H,2,6,9-12,14H2,1H3. The molecule has 1 atom stereocenters. The Kier molecular flexibility index (Phi) is 6.51. The van der Waals surface area contributed by atoms with Crippen LogP contribution in [0.25, 0.3) is 0 Å². The maximum Gasteiger partial charge on any atom is 0.395 e. The highest BCUT2D eigenvalue weighted by atomic mass is 19.4. The summed E-state index contributed by atoms with van der Waals surface area (Å²) in [5.74, 6) is -0.854. The van der Waals surface area contributed by atoms with Gasteiger partial charge in [-0.3, -0.25) is 4.90 Å². The van der Waals surface area contributed by atoms with Gasteiger partial charge in [-0.2, -0.15) is 13.2 Å². The zero-order valence-electron chi connectivity index (χ0n) is 13.5. The van der Waals surface area contributed by atoms with E-state index in [1.807, 2.05) is 18.2 Å². The zero-order valence-corrected chi connectivity index (χ0v) is 13.5. The number of hydrogen-bond donors (Lipinski definition) is 0. The lowest BCUT2D eigenvalue weighted by Crippen LogP contribution is -2.28. The predicted octanol–water partition coefficient (Wildman–Crippen LogP) is 4.77. The summed E-state index contributed by atoms with van der Waals surface area (Å²) in [6, 6.07) is 10.1. The molecule has 1 aliphatic carbocycles. The van der Waals surface area contributed by atoms with Gasteiger partial charge in [0.25, 0.3) is 0 Å². The molecule has 0 heterocycles. The topological polar surface area (TPSA) is 12.5 Å². The third kappa shape index (κ3) is 5.90. The fourth-order valence-electron chi connectivity index (χ4n) is 2.76. The summed E-state index contributed by atoms with van der Waals surface area (Å²) in [5.41, 5.74) is 1.23. The maximum atomic E-state index is 12.8. The van der Waals surface area contributed by atoms with Crippen LogP contribution in [0.4, 0.5) is 13.2 Å². The molecule has 0 N–H and O–H groups in total. The zero-order chi connectivity index (χ0) is 16.7. The van der Waals surface area contributed by atoms with E-state index in [2.05, 4.69) is 24.0 Å². The van der Waals surface area contributed by atoms with Gasteiger partial charge in [0.05, 0.1) is 11.7 Å². The first kappa shape index (κ1) is 17.9. The van der Waals surface area contributed by atoms with E-state index in [9.17, 15) is 13.2 Å². The van der Waals surface area contributed by atoms with E-state index in [4.69, 9.17) is 4.74 Å². The minimum Gasteiger partial charge on any atom is -0.497 e. The molecule has 2 nitrogen and oxygen atoms in total. The van der Waals surface area contributed by atoms with Crippen molar-refractivity contribution in [2.75, 3.05) is 19.7 Å². The number of likely N-dealkylation sites (N-methyl/N-ethyl adjacent to an activating group) is 1. The number of ether oxygens (including phenoxy) is 1. The quantitative estimate of drug-likeness (QED) is 0.715. The Morgan fingerprint density at radius 2 is 1.96 bits per heavy atom. The first-order chi connectivity index (χ1) is 11.0. The Hall–Kier alpha value is -1.49. The van der Waals surface area contributed by atoms with Gasteiger partial charge in [-0.05, 0) is 31.0 Å². The van der Waals surface area contributed by atoms with Crippen molar-refractivity contribution < 1.29 is 17.9 Å². The number of nitrogens with zero attached hydrogens (tertiary/aromatic N) is 1. The fourth-order valence-corrected chi connectivity index (χ4v) is 2.76. The second-order valence-corrected chi connectivity index (χ2v) is 5.88. The second kappa shape index (κ2) is 8.39. The van der Waals surface area contributed by atoms with E-state index in [1.54, 1.807) is 0 Å². The molecule has 0 spiro atoms. The third-order valence-corrected chi connectivity index (χ3v) is 4.14. The van der Waals surface area contributed by atoms with Crippen molar-refractivity contribution in [3.63, 3.8) is 0 Å². The van der Waals surface area contributed by atoms with E-state index in [-0.39, 0.29) is 6.42 Å². The number of allylic oxidation sites excluding steroid dienone is 2. The van der Waals surface area contributed by atoms with Crippen LogP contribution in [0, 0.1) is 5.92 Å². The lowest BCUT2D eigenvalue weighted by molar-refractivity contribution is -0.164. The van der Waals surface area contributed by atoms with E-state index in [1.165, 1.54) is 11.6 Å². The van der Waals surface area contributed by atoms with Crippen LogP contribution in [-0.4, -0.2) is 30.8 Å². The first-order valence-corrected chi connectivity index (χ1v) is 8.15. The number of hydrogen-bond acceptors (Lipinski definition) is 2. The van der Waals surface area contributed by atoms with Crippen LogP contribution in [0.1, 0.15) is 31.7 Å². The molecule has 2 rings (SSSR count). The molecule has 1 unspecified atom stereocenters. The monoisotopic (exact) mass is 327 g/mol. The van der Waals surface area contributed by atoms with Crippen molar-refractivity contribution in [1.82, 2.24) is 4.90 Å². The van der Waals surface area contributed by atoms with Gasteiger partial charge in [0.15, 0.2) is 0 Å². The van der Waals surface area contributed by atoms with Gasteiger partial charge in [-0.15, -0.1) is 0 Å². The molecule has 0 radical (unpaired) electrons. The normalized spacial score (nSPS) is 18.8. The van der Waals surface area contributed by atoms with Gasteiger partial charge in [0.2, 0.25) is 0 Å². The van der Waals surface area contributed by atoms with Crippen LogP contribution in [0.15, 0.2) is 42.2 Å². The summed E-state index contributed by atoms with van der Waals surface area (Å²) in [5, 5.41) is 0. The van der Waals surface area contributed by atoms with Crippen molar-refractivity contribution in [3.05, 3.63) is 47.7 Å². The van der Waals surface area contributed by atoms with E-state index < -0.39 is 12.1 Å². The third-order valence-electron chi connectivity index (χ3n) is 4.14. The van der Waals surface area contributed by atoms with E-state index >= 15 is 0 Å². The fraction of sp³-hybridized carbons (Fsp3) is 0.556.